The highest BCUT2D eigenvalue weighted by Gasteiger charge is 2.06. The van der Waals surface area contributed by atoms with Gasteiger partial charge in [0.15, 0.2) is 0 Å². The van der Waals surface area contributed by atoms with Gasteiger partial charge in [-0.15, -0.1) is 11.8 Å². The lowest BCUT2D eigenvalue weighted by molar-refractivity contribution is 1.22. The van der Waals surface area contributed by atoms with Gasteiger partial charge in [0.05, 0.1) is 0 Å². The molecule has 0 aliphatic rings. The first-order chi connectivity index (χ1) is 9.78. The van der Waals surface area contributed by atoms with Crippen molar-refractivity contribution in [1.82, 2.24) is 0 Å². The van der Waals surface area contributed by atoms with E-state index < -0.39 is 0 Å². The fourth-order valence-corrected chi connectivity index (χ4v) is 3.95. The first-order valence-corrected chi connectivity index (χ1v) is 9.30. The van der Waals surface area contributed by atoms with Gasteiger partial charge < -0.3 is 0 Å². The SMILES string of the molecule is SCc1ccc(SCc2ccccc2CS)c(CS)c1. The van der Waals surface area contributed by atoms with E-state index in [1.54, 1.807) is 0 Å². The minimum atomic E-state index is 0.762. The molecule has 2 rings (SSSR count). The Balaban J connectivity index is 2.14. The van der Waals surface area contributed by atoms with Crippen molar-refractivity contribution in [2.45, 2.75) is 27.9 Å². The molecule has 106 valence electrons. The van der Waals surface area contributed by atoms with Crippen molar-refractivity contribution in [1.29, 1.82) is 0 Å². The van der Waals surface area contributed by atoms with E-state index in [2.05, 4.69) is 80.4 Å². The zero-order valence-corrected chi connectivity index (χ0v) is 14.6. The molecule has 0 N–H and O–H groups in total. The Morgan fingerprint density at radius 2 is 1.45 bits per heavy atom. The normalized spacial score (nSPS) is 10.8. The molecule has 0 saturated heterocycles. The van der Waals surface area contributed by atoms with E-state index in [1.165, 1.54) is 27.1 Å². The highest BCUT2D eigenvalue weighted by molar-refractivity contribution is 7.98. The number of thioether (sulfide) groups is 1. The fraction of sp³-hybridized carbons (Fsp3) is 0.250. The van der Waals surface area contributed by atoms with Crippen LogP contribution in [0.5, 0.6) is 0 Å². The Morgan fingerprint density at radius 1 is 0.750 bits per heavy atom. The number of hydrogen-bond donors (Lipinski definition) is 3. The van der Waals surface area contributed by atoms with Crippen LogP contribution in [0.3, 0.4) is 0 Å². The van der Waals surface area contributed by atoms with E-state index in [0.29, 0.717) is 0 Å². The van der Waals surface area contributed by atoms with E-state index in [1.807, 2.05) is 11.8 Å². The molecule has 0 radical (unpaired) electrons. The van der Waals surface area contributed by atoms with Crippen molar-refractivity contribution in [2.24, 2.45) is 0 Å². The van der Waals surface area contributed by atoms with Crippen molar-refractivity contribution in [3.63, 3.8) is 0 Å². The van der Waals surface area contributed by atoms with Crippen LogP contribution >= 0.6 is 49.6 Å². The molecule has 0 aliphatic heterocycles. The predicted molar refractivity (Wildman–Crippen MR) is 101 cm³/mol. The van der Waals surface area contributed by atoms with Crippen molar-refractivity contribution < 1.29 is 0 Å². The van der Waals surface area contributed by atoms with Gasteiger partial charge in [-0.05, 0) is 28.3 Å². The Kier molecular flexibility index (Phi) is 6.75. The minimum Gasteiger partial charge on any atom is -0.175 e. The van der Waals surface area contributed by atoms with E-state index in [9.17, 15) is 0 Å². The summed E-state index contributed by atoms with van der Waals surface area (Å²) in [6.07, 6.45) is 0. The fourth-order valence-electron chi connectivity index (χ4n) is 2.00. The van der Waals surface area contributed by atoms with Gasteiger partial charge in [-0.3, -0.25) is 0 Å². The molecule has 0 spiro atoms. The Morgan fingerprint density at radius 3 is 2.10 bits per heavy atom. The average Bonchev–Trinajstić information content (AvgIpc) is 2.52. The highest BCUT2D eigenvalue weighted by Crippen LogP contribution is 2.29. The topological polar surface area (TPSA) is 0 Å². The molecule has 0 aromatic heterocycles. The average molecular weight is 339 g/mol. The van der Waals surface area contributed by atoms with Crippen LogP contribution in [0, 0.1) is 0 Å². The van der Waals surface area contributed by atoms with Gasteiger partial charge in [-0.1, -0.05) is 36.4 Å². The largest absolute Gasteiger partial charge is 0.175 e. The highest BCUT2D eigenvalue weighted by atomic mass is 32.2. The molecule has 20 heavy (non-hydrogen) atoms. The molecular weight excluding hydrogens is 320 g/mol. The molecule has 0 atom stereocenters. The molecule has 2 aromatic rings. The third kappa shape index (κ3) is 4.17. The lowest BCUT2D eigenvalue weighted by atomic mass is 10.1. The van der Waals surface area contributed by atoms with Gasteiger partial charge >= 0.3 is 0 Å². The molecule has 0 heterocycles. The van der Waals surface area contributed by atoms with Crippen LogP contribution in [0.15, 0.2) is 47.4 Å². The van der Waals surface area contributed by atoms with Crippen molar-refractivity contribution >= 4 is 49.6 Å². The van der Waals surface area contributed by atoms with Crippen LogP contribution in [0.25, 0.3) is 0 Å². The van der Waals surface area contributed by atoms with Crippen LogP contribution in [-0.2, 0) is 23.0 Å². The summed E-state index contributed by atoms with van der Waals surface area (Å²) in [6, 6.07) is 15.0. The zero-order chi connectivity index (χ0) is 14.4. The monoisotopic (exact) mass is 338 g/mol. The molecule has 0 aliphatic carbocycles. The number of rotatable bonds is 6. The molecule has 0 saturated carbocycles. The smallest absolute Gasteiger partial charge is 0.0235 e. The second-order valence-corrected chi connectivity index (χ2v) is 6.44. The number of thiol groups is 3. The number of benzene rings is 2. The third-order valence-corrected chi connectivity index (χ3v) is 5.36. The third-order valence-electron chi connectivity index (χ3n) is 3.15. The van der Waals surface area contributed by atoms with Gasteiger partial charge in [0, 0.05) is 27.9 Å². The summed E-state index contributed by atoms with van der Waals surface area (Å²) in [4.78, 5) is 1.31. The van der Waals surface area contributed by atoms with Crippen LogP contribution < -0.4 is 0 Å². The van der Waals surface area contributed by atoms with Crippen molar-refractivity contribution in [3.05, 3.63) is 64.7 Å². The van der Waals surface area contributed by atoms with Crippen LogP contribution in [0.2, 0.25) is 0 Å². The summed E-state index contributed by atoms with van der Waals surface area (Å²) in [5.41, 5.74) is 5.20. The van der Waals surface area contributed by atoms with E-state index in [-0.39, 0.29) is 0 Å². The molecule has 0 unspecified atom stereocenters. The molecule has 0 bridgehead atoms. The Bertz CT molecular complexity index is 566. The lowest BCUT2D eigenvalue weighted by Crippen LogP contribution is -1.91. The maximum atomic E-state index is 4.43. The van der Waals surface area contributed by atoms with Gasteiger partial charge in [0.25, 0.3) is 0 Å². The van der Waals surface area contributed by atoms with Gasteiger partial charge in [-0.25, -0.2) is 0 Å². The summed E-state index contributed by atoms with van der Waals surface area (Å²) in [6.45, 7) is 0. The second kappa shape index (κ2) is 8.32. The maximum Gasteiger partial charge on any atom is 0.0235 e. The van der Waals surface area contributed by atoms with Crippen LogP contribution in [0.4, 0.5) is 0 Å². The lowest BCUT2D eigenvalue weighted by Gasteiger charge is -2.11. The van der Waals surface area contributed by atoms with Crippen LogP contribution in [-0.4, -0.2) is 0 Å². The molecule has 0 fully saturated rings. The Hall–Kier alpha value is -0.160. The second-order valence-electron chi connectivity index (χ2n) is 4.47. The summed E-state index contributed by atoms with van der Waals surface area (Å²) in [5, 5.41) is 0. The Labute approximate surface area is 142 Å². The predicted octanol–water partition coefficient (Wildman–Crippen LogP) is 5.27. The maximum absolute atomic E-state index is 4.43. The van der Waals surface area contributed by atoms with E-state index >= 15 is 0 Å². The molecule has 2 aromatic carbocycles. The number of hydrogen-bond acceptors (Lipinski definition) is 4. The molecular formula is C16H18S4. The van der Waals surface area contributed by atoms with Gasteiger partial charge in [0.2, 0.25) is 0 Å². The summed E-state index contributed by atoms with van der Waals surface area (Å²) in [5.74, 6) is 3.29. The van der Waals surface area contributed by atoms with Crippen LogP contribution in [0.1, 0.15) is 22.3 Å². The molecule has 4 heteroatoms. The molecule has 0 nitrogen and oxygen atoms in total. The van der Waals surface area contributed by atoms with E-state index in [4.69, 9.17) is 0 Å². The quantitative estimate of drug-likeness (QED) is 0.476. The standard InChI is InChI=1S/C16H18S4/c17-8-12-5-6-16(15(7-12)10-19)20-11-14-4-2-1-3-13(14)9-18/h1-7,17-19H,8-11H2. The van der Waals surface area contributed by atoms with Crippen molar-refractivity contribution in [2.75, 3.05) is 0 Å². The van der Waals surface area contributed by atoms with Crippen molar-refractivity contribution in [3.8, 4) is 0 Å². The minimum absolute atomic E-state index is 0.762. The summed E-state index contributed by atoms with van der Waals surface area (Å²) in [7, 11) is 0. The summed E-state index contributed by atoms with van der Waals surface area (Å²) < 4.78 is 0. The van der Waals surface area contributed by atoms with E-state index in [0.717, 1.165) is 23.0 Å². The van der Waals surface area contributed by atoms with Gasteiger partial charge in [0.1, 0.15) is 0 Å². The summed E-state index contributed by atoms with van der Waals surface area (Å²) >= 11 is 15.0. The first-order valence-electron chi connectivity index (χ1n) is 6.42. The first kappa shape index (κ1) is 16.2. The molecule has 0 amide bonds. The zero-order valence-electron chi connectivity index (χ0n) is 11.1. The van der Waals surface area contributed by atoms with Gasteiger partial charge in [-0.2, -0.15) is 37.9 Å².